The molecule has 0 aromatic heterocycles. The van der Waals surface area contributed by atoms with Crippen LogP contribution in [0.3, 0.4) is 0 Å². The molecule has 0 spiro atoms. The number of carboxylic acid groups (broad SMARTS) is 1. The summed E-state index contributed by atoms with van der Waals surface area (Å²) >= 11 is 0. The number of aliphatic carboxylic acids is 1. The number of aliphatic hydroxyl groups is 1. The normalized spacial score (nSPS) is 13.7. The molecule has 84 valence electrons. The summed E-state index contributed by atoms with van der Waals surface area (Å²) in [5.41, 5.74) is 5.36. The van der Waals surface area contributed by atoms with E-state index in [2.05, 4.69) is 11.2 Å². The van der Waals surface area contributed by atoms with Crippen LogP contribution >= 0.6 is 0 Å². The molecule has 0 heterocycles. The van der Waals surface area contributed by atoms with Crippen LogP contribution in [0, 0.1) is 12.3 Å². The Kier molecular flexibility index (Phi) is 6.09. The fraction of sp³-hybridized carbons (Fsp3) is 0.556. The Balaban J connectivity index is 4.23. The van der Waals surface area contributed by atoms with Crippen LogP contribution in [0.2, 0.25) is 0 Å². The number of rotatable bonds is 6. The van der Waals surface area contributed by atoms with E-state index in [1.54, 1.807) is 0 Å². The second-order valence-corrected chi connectivity index (χ2v) is 2.93. The lowest BCUT2D eigenvalue weighted by molar-refractivity contribution is -0.142. The largest absolute Gasteiger partial charge is 0.480 e. The van der Waals surface area contributed by atoms with Gasteiger partial charge in [0.15, 0.2) is 0 Å². The van der Waals surface area contributed by atoms with Gasteiger partial charge in [-0.3, -0.25) is 4.79 Å². The Hall–Kier alpha value is -1.58. The van der Waals surface area contributed by atoms with Crippen molar-refractivity contribution in [1.82, 2.24) is 5.32 Å². The predicted molar refractivity (Wildman–Crippen MR) is 52.7 cm³/mol. The first-order valence-corrected chi connectivity index (χ1v) is 4.36. The molecular formula is C9H14N2O4. The van der Waals surface area contributed by atoms with Crippen molar-refractivity contribution in [3.8, 4) is 12.3 Å². The number of carboxylic acids is 1. The maximum atomic E-state index is 11.2. The maximum absolute atomic E-state index is 11.2. The van der Waals surface area contributed by atoms with Gasteiger partial charge in [-0.15, -0.1) is 12.3 Å². The third-order valence-electron chi connectivity index (χ3n) is 1.71. The van der Waals surface area contributed by atoms with E-state index in [-0.39, 0.29) is 19.4 Å². The molecule has 0 saturated carbocycles. The number of carbonyl (C=O) groups excluding carboxylic acids is 1. The highest BCUT2D eigenvalue weighted by molar-refractivity contribution is 5.86. The molecule has 0 aromatic rings. The van der Waals surface area contributed by atoms with Crippen LogP contribution in [0.15, 0.2) is 0 Å². The fourth-order valence-corrected chi connectivity index (χ4v) is 0.885. The second kappa shape index (κ2) is 6.81. The van der Waals surface area contributed by atoms with Gasteiger partial charge in [0.2, 0.25) is 5.91 Å². The fourth-order valence-electron chi connectivity index (χ4n) is 0.885. The molecule has 0 rings (SSSR count). The summed E-state index contributed by atoms with van der Waals surface area (Å²) in [4.78, 5) is 21.8. The minimum atomic E-state index is -1.22. The summed E-state index contributed by atoms with van der Waals surface area (Å²) in [6.07, 6.45) is 4.92. The smallest absolute Gasteiger partial charge is 0.326 e. The maximum Gasteiger partial charge on any atom is 0.326 e. The summed E-state index contributed by atoms with van der Waals surface area (Å²) < 4.78 is 0. The number of nitrogens with two attached hydrogens (primary N) is 1. The Morgan fingerprint density at radius 3 is 2.53 bits per heavy atom. The zero-order valence-electron chi connectivity index (χ0n) is 8.14. The van der Waals surface area contributed by atoms with Crippen molar-refractivity contribution in [3.05, 3.63) is 0 Å². The van der Waals surface area contributed by atoms with E-state index in [1.165, 1.54) is 0 Å². The summed E-state index contributed by atoms with van der Waals surface area (Å²) in [7, 11) is 0. The van der Waals surface area contributed by atoms with E-state index in [4.69, 9.17) is 22.4 Å². The van der Waals surface area contributed by atoms with E-state index < -0.39 is 24.0 Å². The second-order valence-electron chi connectivity index (χ2n) is 2.93. The number of amides is 1. The molecule has 6 heteroatoms. The zero-order valence-corrected chi connectivity index (χ0v) is 8.14. The molecule has 15 heavy (non-hydrogen) atoms. The van der Waals surface area contributed by atoms with Gasteiger partial charge in [-0.05, 0) is 0 Å². The van der Waals surface area contributed by atoms with Crippen LogP contribution in [0.25, 0.3) is 0 Å². The van der Waals surface area contributed by atoms with Crippen LogP contribution in [0.1, 0.15) is 12.8 Å². The lowest BCUT2D eigenvalue weighted by atomic mass is 10.1. The molecule has 0 radical (unpaired) electrons. The zero-order chi connectivity index (χ0) is 11.8. The van der Waals surface area contributed by atoms with Gasteiger partial charge in [-0.1, -0.05) is 0 Å². The van der Waals surface area contributed by atoms with Gasteiger partial charge in [0, 0.05) is 19.4 Å². The van der Waals surface area contributed by atoms with E-state index in [0.29, 0.717) is 0 Å². The van der Waals surface area contributed by atoms with E-state index >= 15 is 0 Å². The summed E-state index contributed by atoms with van der Waals surface area (Å²) in [6, 6.07) is -2.05. The summed E-state index contributed by atoms with van der Waals surface area (Å²) in [5.74, 6) is 0.352. The lowest BCUT2D eigenvalue weighted by Gasteiger charge is -2.15. The van der Waals surface area contributed by atoms with E-state index in [9.17, 15) is 9.59 Å². The third-order valence-corrected chi connectivity index (χ3v) is 1.71. The molecular weight excluding hydrogens is 200 g/mol. The van der Waals surface area contributed by atoms with Crippen molar-refractivity contribution in [2.45, 2.75) is 24.9 Å². The van der Waals surface area contributed by atoms with Crippen LogP contribution in [0.5, 0.6) is 0 Å². The molecule has 1 amide bonds. The van der Waals surface area contributed by atoms with E-state index in [1.807, 2.05) is 0 Å². The van der Waals surface area contributed by atoms with Gasteiger partial charge >= 0.3 is 5.97 Å². The average Bonchev–Trinajstić information content (AvgIpc) is 2.17. The molecule has 0 aliphatic rings. The minimum absolute atomic E-state index is 0.0390. The van der Waals surface area contributed by atoms with Crippen LogP contribution in [-0.4, -0.2) is 40.8 Å². The first-order valence-electron chi connectivity index (χ1n) is 4.36. The van der Waals surface area contributed by atoms with Crippen LogP contribution < -0.4 is 11.1 Å². The molecule has 5 N–H and O–H groups in total. The van der Waals surface area contributed by atoms with E-state index in [0.717, 1.165) is 0 Å². The van der Waals surface area contributed by atoms with Crippen molar-refractivity contribution in [2.24, 2.45) is 5.73 Å². The summed E-state index contributed by atoms with van der Waals surface area (Å²) in [6.45, 7) is -0.332. The quantitative estimate of drug-likeness (QED) is 0.393. The molecule has 0 bridgehead atoms. The number of carbonyl (C=O) groups is 2. The van der Waals surface area contributed by atoms with Gasteiger partial charge in [-0.2, -0.15) is 0 Å². The number of hydrogen-bond acceptors (Lipinski definition) is 4. The average molecular weight is 214 g/mol. The number of nitrogens with one attached hydrogen (secondary N) is 1. The topological polar surface area (TPSA) is 113 Å². The molecule has 0 fully saturated rings. The number of hydrogen-bond donors (Lipinski definition) is 4. The van der Waals surface area contributed by atoms with Crippen LogP contribution in [-0.2, 0) is 9.59 Å². The Labute approximate surface area is 87.5 Å². The van der Waals surface area contributed by atoms with Crippen molar-refractivity contribution < 1.29 is 19.8 Å². The highest BCUT2D eigenvalue weighted by Crippen LogP contribution is 1.94. The Morgan fingerprint density at radius 1 is 1.53 bits per heavy atom. The van der Waals surface area contributed by atoms with Crippen molar-refractivity contribution >= 4 is 11.9 Å². The minimum Gasteiger partial charge on any atom is -0.480 e. The molecule has 0 aromatic carbocycles. The molecule has 1 unspecified atom stereocenters. The van der Waals surface area contributed by atoms with Crippen molar-refractivity contribution in [1.29, 1.82) is 0 Å². The van der Waals surface area contributed by atoms with Crippen molar-refractivity contribution in [2.75, 3.05) is 6.61 Å². The predicted octanol–water partition coefficient (Wildman–Crippen LogP) is -1.71. The van der Waals surface area contributed by atoms with Gasteiger partial charge in [0.25, 0.3) is 0 Å². The first-order chi connectivity index (χ1) is 7.02. The summed E-state index contributed by atoms with van der Waals surface area (Å²) in [5, 5.41) is 19.4. The van der Waals surface area contributed by atoms with Crippen LogP contribution in [0.4, 0.5) is 0 Å². The Bertz CT molecular complexity index is 272. The standard InChI is InChI=1S/C9H14N2O4/c1-2-3-6(10)8(13)11-7(4-5-12)9(14)15/h1,6-7,12H,3-5,10H2,(H,11,13)(H,14,15)/t6?,7-/m0/s1. The monoisotopic (exact) mass is 214 g/mol. The van der Waals surface area contributed by atoms with Gasteiger partial charge < -0.3 is 21.3 Å². The van der Waals surface area contributed by atoms with Gasteiger partial charge in [0.05, 0.1) is 6.04 Å². The molecule has 0 aliphatic heterocycles. The molecule has 0 saturated heterocycles. The molecule has 2 atom stereocenters. The number of aliphatic hydroxyl groups excluding tert-OH is 1. The molecule has 6 nitrogen and oxygen atoms in total. The van der Waals surface area contributed by atoms with Crippen molar-refractivity contribution in [3.63, 3.8) is 0 Å². The lowest BCUT2D eigenvalue weighted by Crippen LogP contribution is -2.48. The van der Waals surface area contributed by atoms with Gasteiger partial charge in [-0.25, -0.2) is 4.79 Å². The molecule has 0 aliphatic carbocycles. The Morgan fingerprint density at radius 2 is 2.13 bits per heavy atom. The number of terminal acetylenes is 1. The first kappa shape index (κ1) is 13.4. The highest BCUT2D eigenvalue weighted by atomic mass is 16.4. The SMILES string of the molecule is C#CCC(N)C(=O)N[C@@H](CCO)C(=O)O. The third kappa shape index (κ3) is 5.00. The highest BCUT2D eigenvalue weighted by Gasteiger charge is 2.22. The van der Waals surface area contributed by atoms with Gasteiger partial charge in [0.1, 0.15) is 6.04 Å².